The zero-order valence-electron chi connectivity index (χ0n) is 24.5. The summed E-state index contributed by atoms with van der Waals surface area (Å²) in [6.45, 7) is 6.86. The van der Waals surface area contributed by atoms with Crippen molar-refractivity contribution in [2.45, 2.75) is 58.3 Å². The molecule has 226 valence electrons. The summed E-state index contributed by atoms with van der Waals surface area (Å²) >= 11 is 6.59. The van der Waals surface area contributed by atoms with Crippen molar-refractivity contribution in [2.24, 2.45) is 11.3 Å². The Morgan fingerprint density at radius 1 is 1.14 bits per heavy atom. The number of ether oxygens (including phenoxy) is 4. The Kier molecular flexibility index (Phi) is 8.31. The van der Waals surface area contributed by atoms with Crippen molar-refractivity contribution in [3.63, 3.8) is 0 Å². The Balaban J connectivity index is 1.64. The third kappa shape index (κ3) is 5.49. The average molecular weight is 601 g/mol. The SMILES string of the molecule is COc1cccc([C@H]2O[C@H](CC(=O)N3CCCC(C(=O)O)C3)C(=O)N3c4c(cc(Cl)cc42)OC[C@H]3C(C)(C)C)c1OC. The Morgan fingerprint density at radius 3 is 2.57 bits per heavy atom. The van der Waals surface area contributed by atoms with Crippen molar-refractivity contribution in [3.8, 4) is 17.2 Å². The molecule has 11 heteroatoms. The van der Waals surface area contributed by atoms with Crippen LogP contribution < -0.4 is 19.1 Å². The summed E-state index contributed by atoms with van der Waals surface area (Å²) in [5.74, 6) is -0.913. The van der Waals surface area contributed by atoms with E-state index >= 15 is 0 Å². The van der Waals surface area contributed by atoms with Gasteiger partial charge in [0.2, 0.25) is 5.91 Å². The molecule has 0 radical (unpaired) electrons. The van der Waals surface area contributed by atoms with Gasteiger partial charge in [-0.15, -0.1) is 0 Å². The number of likely N-dealkylation sites (tertiary alicyclic amines) is 1. The number of amides is 2. The van der Waals surface area contributed by atoms with Crippen LogP contribution in [0, 0.1) is 11.3 Å². The molecule has 2 aromatic carbocycles. The Morgan fingerprint density at radius 2 is 1.90 bits per heavy atom. The highest BCUT2D eigenvalue weighted by molar-refractivity contribution is 6.31. The number of methoxy groups -OCH3 is 2. The van der Waals surface area contributed by atoms with Gasteiger partial charge in [0.05, 0.1) is 38.3 Å². The number of aliphatic carboxylic acids is 1. The number of benzene rings is 2. The molecule has 4 atom stereocenters. The number of rotatable bonds is 6. The average Bonchev–Trinajstić information content (AvgIpc) is 3.07. The number of hydrogen-bond acceptors (Lipinski definition) is 7. The van der Waals surface area contributed by atoms with E-state index < -0.39 is 24.1 Å². The van der Waals surface area contributed by atoms with Crippen LogP contribution in [0.5, 0.6) is 17.2 Å². The number of anilines is 1. The summed E-state index contributed by atoms with van der Waals surface area (Å²) < 4.78 is 24.2. The summed E-state index contributed by atoms with van der Waals surface area (Å²) in [4.78, 5) is 43.0. The van der Waals surface area contributed by atoms with E-state index in [0.29, 0.717) is 58.5 Å². The number of carbonyl (C=O) groups excluding carboxylic acids is 2. The van der Waals surface area contributed by atoms with E-state index in [4.69, 9.17) is 30.5 Å². The lowest BCUT2D eigenvalue weighted by Crippen LogP contribution is -2.56. The number of para-hydroxylation sites is 1. The minimum Gasteiger partial charge on any atom is -0.493 e. The summed E-state index contributed by atoms with van der Waals surface area (Å²) in [7, 11) is 3.06. The van der Waals surface area contributed by atoms with E-state index in [2.05, 4.69) is 0 Å². The van der Waals surface area contributed by atoms with Crippen molar-refractivity contribution in [1.29, 1.82) is 0 Å². The van der Waals surface area contributed by atoms with Gasteiger partial charge in [-0.2, -0.15) is 0 Å². The van der Waals surface area contributed by atoms with Gasteiger partial charge in [0.1, 0.15) is 24.6 Å². The fourth-order valence-corrected chi connectivity index (χ4v) is 6.32. The molecule has 1 saturated heterocycles. The lowest BCUT2D eigenvalue weighted by atomic mass is 9.84. The number of carbonyl (C=O) groups is 3. The van der Waals surface area contributed by atoms with E-state index in [-0.39, 0.29) is 42.8 Å². The van der Waals surface area contributed by atoms with Crippen LogP contribution in [0.2, 0.25) is 5.02 Å². The fraction of sp³-hybridized carbons (Fsp3) is 0.516. The molecule has 1 fully saturated rings. The van der Waals surface area contributed by atoms with Crippen LogP contribution in [0.4, 0.5) is 5.69 Å². The lowest BCUT2D eigenvalue weighted by Gasteiger charge is -2.44. The number of hydrogen-bond donors (Lipinski definition) is 1. The van der Waals surface area contributed by atoms with E-state index in [1.54, 1.807) is 29.2 Å². The first kappa shape index (κ1) is 30.0. The van der Waals surface area contributed by atoms with Crippen molar-refractivity contribution < 1.29 is 38.4 Å². The number of carboxylic acid groups (broad SMARTS) is 1. The summed E-state index contributed by atoms with van der Waals surface area (Å²) in [5, 5.41) is 9.96. The molecular weight excluding hydrogens is 564 g/mol. The summed E-state index contributed by atoms with van der Waals surface area (Å²) in [5.41, 5.74) is 1.36. The van der Waals surface area contributed by atoms with Gasteiger partial charge in [0.25, 0.3) is 5.91 Å². The van der Waals surface area contributed by atoms with Crippen molar-refractivity contribution in [2.75, 3.05) is 38.8 Å². The second kappa shape index (κ2) is 11.6. The summed E-state index contributed by atoms with van der Waals surface area (Å²) in [6, 6.07) is 8.46. The summed E-state index contributed by atoms with van der Waals surface area (Å²) in [6.07, 6.45) is -1.21. The highest BCUT2D eigenvalue weighted by Gasteiger charge is 2.48. The molecule has 1 unspecified atom stereocenters. The molecular formula is C31H37ClN2O8. The zero-order chi connectivity index (χ0) is 30.3. The van der Waals surface area contributed by atoms with E-state index in [1.165, 1.54) is 19.1 Å². The zero-order valence-corrected chi connectivity index (χ0v) is 25.3. The van der Waals surface area contributed by atoms with Gasteiger partial charge in [0.15, 0.2) is 11.5 Å². The molecule has 10 nitrogen and oxygen atoms in total. The standard InChI is InChI=1S/C31H37ClN2O8/c1-31(2,3)24-16-41-22-13-18(32)12-20-26(22)34(24)29(36)23(14-25(35)33-11-7-8-17(15-33)30(37)38)42-27(20)19-9-6-10-21(39-4)28(19)40-5/h6,9-10,12-13,17,23-24,27H,7-8,11,14-16H2,1-5H3,(H,37,38)/t17?,23-,24+,27-/m1/s1. The number of piperidine rings is 1. The van der Waals surface area contributed by atoms with Crippen LogP contribution in [-0.2, 0) is 19.1 Å². The van der Waals surface area contributed by atoms with Gasteiger partial charge in [0, 0.05) is 35.3 Å². The van der Waals surface area contributed by atoms with Gasteiger partial charge in [-0.3, -0.25) is 19.3 Å². The molecule has 3 aliphatic heterocycles. The molecule has 0 bridgehead atoms. The van der Waals surface area contributed by atoms with Crippen molar-refractivity contribution in [1.82, 2.24) is 4.90 Å². The van der Waals surface area contributed by atoms with Crippen LogP contribution in [0.15, 0.2) is 30.3 Å². The third-order valence-electron chi connectivity index (χ3n) is 8.31. The second-order valence-corrected chi connectivity index (χ2v) is 12.5. The maximum absolute atomic E-state index is 14.5. The van der Waals surface area contributed by atoms with Crippen molar-refractivity contribution >= 4 is 35.1 Å². The topological polar surface area (TPSA) is 115 Å². The predicted octanol–water partition coefficient (Wildman–Crippen LogP) is 4.70. The van der Waals surface area contributed by atoms with Gasteiger partial charge in [-0.25, -0.2) is 0 Å². The third-order valence-corrected chi connectivity index (χ3v) is 8.53. The first-order valence-electron chi connectivity index (χ1n) is 14.1. The Hall–Kier alpha value is -3.50. The molecule has 2 aromatic rings. The number of halogens is 1. The van der Waals surface area contributed by atoms with Crippen LogP contribution >= 0.6 is 11.6 Å². The molecule has 42 heavy (non-hydrogen) atoms. The smallest absolute Gasteiger partial charge is 0.308 e. The van der Waals surface area contributed by atoms with Gasteiger partial charge in [-0.1, -0.05) is 44.5 Å². The van der Waals surface area contributed by atoms with E-state index in [1.807, 2.05) is 26.8 Å². The second-order valence-electron chi connectivity index (χ2n) is 12.1. The van der Waals surface area contributed by atoms with Gasteiger partial charge in [-0.05, 0) is 30.4 Å². The van der Waals surface area contributed by atoms with Crippen LogP contribution in [0.25, 0.3) is 0 Å². The molecule has 0 aromatic heterocycles. The highest BCUT2D eigenvalue weighted by atomic mass is 35.5. The largest absolute Gasteiger partial charge is 0.493 e. The Labute approximate surface area is 250 Å². The van der Waals surface area contributed by atoms with Crippen LogP contribution in [0.1, 0.15) is 57.3 Å². The Bertz CT molecular complexity index is 1390. The highest BCUT2D eigenvalue weighted by Crippen LogP contribution is 2.51. The molecule has 3 heterocycles. The predicted molar refractivity (Wildman–Crippen MR) is 155 cm³/mol. The molecule has 5 rings (SSSR count). The number of nitrogens with zero attached hydrogens (tertiary/aromatic N) is 2. The molecule has 0 saturated carbocycles. The molecule has 0 aliphatic carbocycles. The minimum absolute atomic E-state index is 0.102. The van der Waals surface area contributed by atoms with Crippen LogP contribution in [-0.4, -0.2) is 73.9 Å². The van der Waals surface area contributed by atoms with E-state index in [9.17, 15) is 19.5 Å². The molecule has 0 spiro atoms. The minimum atomic E-state index is -1.18. The monoisotopic (exact) mass is 600 g/mol. The molecule has 3 aliphatic rings. The number of carboxylic acids is 1. The van der Waals surface area contributed by atoms with Gasteiger partial charge >= 0.3 is 5.97 Å². The van der Waals surface area contributed by atoms with E-state index in [0.717, 1.165) is 0 Å². The van der Waals surface area contributed by atoms with Crippen molar-refractivity contribution in [3.05, 3.63) is 46.5 Å². The molecule has 1 N–H and O–H groups in total. The fourth-order valence-electron chi connectivity index (χ4n) is 6.10. The lowest BCUT2D eigenvalue weighted by molar-refractivity contribution is -0.149. The quantitative estimate of drug-likeness (QED) is 0.507. The maximum Gasteiger partial charge on any atom is 0.308 e. The first-order valence-corrected chi connectivity index (χ1v) is 14.5. The first-order chi connectivity index (χ1) is 19.9. The molecule has 2 amide bonds. The maximum atomic E-state index is 14.5. The van der Waals surface area contributed by atoms with Crippen LogP contribution in [0.3, 0.4) is 0 Å². The van der Waals surface area contributed by atoms with Gasteiger partial charge < -0.3 is 29.0 Å². The normalized spacial score (nSPS) is 23.9.